The fourth-order valence-electron chi connectivity index (χ4n) is 4.20. The fraction of sp³-hybridized carbons (Fsp3) is 0.296. The number of nitrogens with one attached hydrogen (secondary N) is 1. The zero-order valence-corrected chi connectivity index (χ0v) is 20.5. The number of ether oxygens (including phenoxy) is 2. The summed E-state index contributed by atoms with van der Waals surface area (Å²) in [5.74, 6) is 1.29. The van der Waals surface area contributed by atoms with Crippen LogP contribution < -0.4 is 20.3 Å². The van der Waals surface area contributed by atoms with Crippen LogP contribution in [0.15, 0.2) is 65.7 Å². The molecule has 0 saturated heterocycles. The van der Waals surface area contributed by atoms with Gasteiger partial charge in [-0.3, -0.25) is 14.2 Å². The number of rotatable bonds is 6. The number of nitrogens with zero attached hydrogens (tertiary/aromatic N) is 2. The van der Waals surface area contributed by atoms with Gasteiger partial charge in [0.15, 0.2) is 11.5 Å². The first kappa shape index (κ1) is 23.1. The molecular weight excluding hydrogens is 462 g/mol. The van der Waals surface area contributed by atoms with Crippen LogP contribution in [0.2, 0.25) is 0 Å². The van der Waals surface area contributed by atoms with E-state index in [0.29, 0.717) is 29.2 Å². The van der Waals surface area contributed by atoms with Crippen molar-refractivity contribution in [2.45, 2.75) is 32.9 Å². The van der Waals surface area contributed by atoms with Crippen molar-refractivity contribution in [2.75, 3.05) is 13.2 Å². The number of carbonyl (C=O) groups is 1. The summed E-state index contributed by atoms with van der Waals surface area (Å²) < 4.78 is 12.9. The van der Waals surface area contributed by atoms with E-state index in [2.05, 4.69) is 10.3 Å². The van der Waals surface area contributed by atoms with Crippen molar-refractivity contribution in [2.24, 2.45) is 5.92 Å². The Kier molecular flexibility index (Phi) is 6.55. The van der Waals surface area contributed by atoms with Crippen LogP contribution in [0.25, 0.3) is 20.7 Å². The van der Waals surface area contributed by atoms with Gasteiger partial charge >= 0.3 is 0 Å². The number of amides is 1. The van der Waals surface area contributed by atoms with Gasteiger partial charge < -0.3 is 14.8 Å². The third-order valence-corrected chi connectivity index (χ3v) is 7.10. The Morgan fingerprint density at radius 1 is 1.09 bits per heavy atom. The minimum atomic E-state index is -0.252. The summed E-state index contributed by atoms with van der Waals surface area (Å²) in [6.07, 6.45) is 2.28. The largest absolute Gasteiger partial charge is 0.490 e. The van der Waals surface area contributed by atoms with Crippen molar-refractivity contribution in [1.29, 1.82) is 0 Å². The molecule has 2 aromatic carbocycles. The van der Waals surface area contributed by atoms with Gasteiger partial charge in [0.05, 0.1) is 31.0 Å². The zero-order chi connectivity index (χ0) is 24.4. The summed E-state index contributed by atoms with van der Waals surface area (Å²) in [6, 6.07) is 17.3. The minimum absolute atomic E-state index is 0.105. The molecule has 2 aromatic heterocycles. The van der Waals surface area contributed by atoms with E-state index in [1.807, 2.05) is 68.4 Å². The summed E-state index contributed by atoms with van der Waals surface area (Å²) in [6.45, 7) is 5.21. The molecule has 35 heavy (non-hydrogen) atoms. The highest BCUT2D eigenvalue weighted by Gasteiger charge is 2.22. The van der Waals surface area contributed by atoms with Crippen molar-refractivity contribution in [1.82, 2.24) is 14.9 Å². The molecule has 8 heteroatoms. The quantitative estimate of drug-likeness (QED) is 0.421. The van der Waals surface area contributed by atoms with Crippen LogP contribution in [-0.4, -0.2) is 28.7 Å². The summed E-state index contributed by atoms with van der Waals surface area (Å²) in [4.78, 5) is 32.2. The normalized spacial score (nSPS) is 14.0. The molecule has 1 unspecified atom stereocenters. The van der Waals surface area contributed by atoms with E-state index in [9.17, 15) is 9.59 Å². The van der Waals surface area contributed by atoms with E-state index in [0.717, 1.165) is 28.2 Å². The SMILES string of the molecule is CC(C)C(NC(=O)Cn1cnc2sc(-c3ccccc3)cc2c1=O)c1ccc2c(c1)OCCCO2. The van der Waals surface area contributed by atoms with Gasteiger partial charge in [0.1, 0.15) is 11.4 Å². The Balaban J connectivity index is 1.36. The smallest absolute Gasteiger partial charge is 0.262 e. The molecule has 0 radical (unpaired) electrons. The second kappa shape index (κ2) is 9.92. The van der Waals surface area contributed by atoms with Crippen LogP contribution in [-0.2, 0) is 11.3 Å². The van der Waals surface area contributed by atoms with Gasteiger partial charge in [-0.15, -0.1) is 11.3 Å². The van der Waals surface area contributed by atoms with Gasteiger partial charge in [-0.1, -0.05) is 50.2 Å². The first-order valence-corrected chi connectivity index (χ1v) is 12.5. The van der Waals surface area contributed by atoms with Crippen molar-refractivity contribution in [3.8, 4) is 21.9 Å². The summed E-state index contributed by atoms with van der Waals surface area (Å²) in [5, 5.41) is 3.61. The van der Waals surface area contributed by atoms with Crippen molar-refractivity contribution < 1.29 is 14.3 Å². The average molecular weight is 490 g/mol. The topological polar surface area (TPSA) is 82.5 Å². The van der Waals surface area contributed by atoms with Gasteiger partial charge in [-0.2, -0.15) is 0 Å². The molecule has 3 heterocycles. The Morgan fingerprint density at radius 2 is 1.86 bits per heavy atom. The molecule has 4 aromatic rings. The van der Waals surface area contributed by atoms with E-state index >= 15 is 0 Å². The summed E-state index contributed by atoms with van der Waals surface area (Å²) in [5.41, 5.74) is 1.75. The molecule has 5 rings (SSSR count). The van der Waals surface area contributed by atoms with Crippen LogP contribution in [0, 0.1) is 5.92 Å². The van der Waals surface area contributed by atoms with Gasteiger partial charge in [-0.05, 0) is 35.2 Å². The Labute approximate surface area is 207 Å². The molecule has 1 N–H and O–H groups in total. The van der Waals surface area contributed by atoms with Gasteiger partial charge in [-0.25, -0.2) is 4.98 Å². The number of thiophene rings is 1. The lowest BCUT2D eigenvalue weighted by Crippen LogP contribution is -2.36. The van der Waals surface area contributed by atoms with Crippen LogP contribution in [0.4, 0.5) is 0 Å². The van der Waals surface area contributed by atoms with E-state index in [1.54, 1.807) is 0 Å². The minimum Gasteiger partial charge on any atom is -0.490 e. The van der Waals surface area contributed by atoms with E-state index in [1.165, 1.54) is 22.2 Å². The second-order valence-corrected chi connectivity index (χ2v) is 9.95. The van der Waals surface area contributed by atoms with Crippen molar-refractivity contribution in [3.63, 3.8) is 0 Å². The number of hydrogen-bond donors (Lipinski definition) is 1. The highest BCUT2D eigenvalue weighted by Crippen LogP contribution is 2.34. The zero-order valence-electron chi connectivity index (χ0n) is 19.7. The maximum Gasteiger partial charge on any atom is 0.262 e. The van der Waals surface area contributed by atoms with Crippen LogP contribution >= 0.6 is 11.3 Å². The highest BCUT2D eigenvalue weighted by atomic mass is 32.1. The fourth-order valence-corrected chi connectivity index (χ4v) is 5.19. The van der Waals surface area contributed by atoms with Crippen molar-refractivity contribution in [3.05, 3.63) is 76.8 Å². The Bertz CT molecular complexity index is 1410. The van der Waals surface area contributed by atoms with Gasteiger partial charge in [0.2, 0.25) is 5.91 Å². The molecule has 180 valence electrons. The number of fused-ring (bicyclic) bond motifs is 2. The average Bonchev–Trinajstić information content (AvgIpc) is 3.17. The molecule has 1 atom stereocenters. The molecular formula is C27H27N3O4S. The number of benzene rings is 2. The third-order valence-electron chi connectivity index (χ3n) is 6.00. The molecule has 0 fully saturated rings. The summed E-state index contributed by atoms with van der Waals surface area (Å²) in [7, 11) is 0. The van der Waals surface area contributed by atoms with E-state index in [4.69, 9.17) is 9.47 Å². The number of hydrogen-bond acceptors (Lipinski definition) is 6. The molecule has 7 nitrogen and oxygen atoms in total. The Hall–Kier alpha value is -3.65. The molecule has 0 bridgehead atoms. The van der Waals surface area contributed by atoms with Crippen LogP contribution in [0.5, 0.6) is 11.5 Å². The van der Waals surface area contributed by atoms with Crippen LogP contribution in [0.1, 0.15) is 31.9 Å². The first-order chi connectivity index (χ1) is 17.0. The molecule has 0 aliphatic carbocycles. The number of carbonyl (C=O) groups excluding carboxylic acids is 1. The van der Waals surface area contributed by atoms with E-state index < -0.39 is 0 Å². The molecule has 1 aliphatic heterocycles. The lowest BCUT2D eigenvalue weighted by atomic mass is 9.95. The highest BCUT2D eigenvalue weighted by molar-refractivity contribution is 7.21. The second-order valence-electron chi connectivity index (χ2n) is 8.92. The predicted molar refractivity (Wildman–Crippen MR) is 137 cm³/mol. The third kappa shape index (κ3) is 4.93. The van der Waals surface area contributed by atoms with Gasteiger partial charge in [0, 0.05) is 11.3 Å². The summed E-state index contributed by atoms with van der Waals surface area (Å²) >= 11 is 1.47. The molecule has 1 aliphatic rings. The van der Waals surface area contributed by atoms with Gasteiger partial charge in [0.25, 0.3) is 5.56 Å². The van der Waals surface area contributed by atoms with Crippen molar-refractivity contribution >= 4 is 27.5 Å². The standard InChI is InChI=1S/C27H27N3O4S/c1-17(2)25(19-9-10-21-22(13-19)34-12-6-11-33-21)29-24(31)15-30-16-28-26-20(27(30)32)14-23(35-26)18-7-4-3-5-8-18/h3-5,7-10,13-14,16-17,25H,6,11-12,15H2,1-2H3,(H,29,31). The maximum atomic E-state index is 13.1. The Morgan fingerprint density at radius 3 is 2.63 bits per heavy atom. The molecule has 0 spiro atoms. The first-order valence-electron chi connectivity index (χ1n) is 11.7. The van der Waals surface area contributed by atoms with Crippen LogP contribution in [0.3, 0.4) is 0 Å². The lowest BCUT2D eigenvalue weighted by Gasteiger charge is -2.24. The monoisotopic (exact) mass is 489 g/mol. The predicted octanol–water partition coefficient (Wildman–Crippen LogP) is 4.80. The number of aromatic nitrogens is 2. The molecule has 1 amide bonds. The maximum absolute atomic E-state index is 13.1. The molecule has 0 saturated carbocycles. The lowest BCUT2D eigenvalue weighted by molar-refractivity contribution is -0.122. The van der Waals surface area contributed by atoms with E-state index in [-0.39, 0.29) is 30.0 Å².